The first kappa shape index (κ1) is 28.3. The van der Waals surface area contributed by atoms with Gasteiger partial charge in [-0.05, 0) is 55.0 Å². The van der Waals surface area contributed by atoms with Crippen molar-refractivity contribution < 1.29 is 23.8 Å². The van der Waals surface area contributed by atoms with Crippen molar-refractivity contribution in [2.75, 3.05) is 69.3 Å². The first-order valence-electron chi connectivity index (χ1n) is 14.4. The van der Waals surface area contributed by atoms with E-state index in [1.807, 2.05) is 31.2 Å². The third-order valence-corrected chi connectivity index (χ3v) is 8.19. The topological polar surface area (TPSA) is 116 Å². The highest BCUT2D eigenvalue weighted by molar-refractivity contribution is 5.77. The number of carbonyl (C=O) groups excluding carboxylic acids is 1. The number of aryl methyl sites for hydroxylation is 1. The molecule has 3 aromatic rings. The Morgan fingerprint density at radius 1 is 1.10 bits per heavy atom. The molecule has 222 valence electrons. The van der Waals surface area contributed by atoms with E-state index in [2.05, 4.69) is 42.2 Å². The van der Waals surface area contributed by atoms with Crippen molar-refractivity contribution in [2.24, 2.45) is 0 Å². The van der Waals surface area contributed by atoms with Crippen LogP contribution >= 0.6 is 0 Å². The van der Waals surface area contributed by atoms with Gasteiger partial charge in [0.2, 0.25) is 11.9 Å². The smallest absolute Gasteiger partial charge is 0.248 e. The minimum atomic E-state index is -1.34. The Bertz CT molecular complexity index is 1380. The summed E-state index contributed by atoms with van der Waals surface area (Å²) in [7, 11) is 0. The van der Waals surface area contributed by atoms with Crippen LogP contribution in [0.5, 0.6) is 5.75 Å². The van der Waals surface area contributed by atoms with Crippen LogP contribution in [0, 0.1) is 6.92 Å². The summed E-state index contributed by atoms with van der Waals surface area (Å²) in [5.41, 5.74) is 3.69. The lowest BCUT2D eigenvalue weighted by Gasteiger charge is -2.43. The number of alkyl halides is 1. The molecule has 11 nitrogen and oxygen atoms in total. The Hall–Kier alpha value is -3.87. The number of likely N-dealkylation sites (tertiary alicyclic amines) is 1. The zero-order valence-electron chi connectivity index (χ0n) is 23.7. The molecule has 3 saturated heterocycles. The van der Waals surface area contributed by atoms with Crippen molar-refractivity contribution in [3.8, 4) is 17.1 Å². The summed E-state index contributed by atoms with van der Waals surface area (Å²) in [6.45, 7) is 7.36. The first-order valence-corrected chi connectivity index (χ1v) is 14.4. The third-order valence-electron chi connectivity index (χ3n) is 8.19. The van der Waals surface area contributed by atoms with Crippen molar-refractivity contribution in [2.45, 2.75) is 31.7 Å². The molecule has 42 heavy (non-hydrogen) atoms. The van der Waals surface area contributed by atoms with Crippen LogP contribution in [0.1, 0.15) is 12.0 Å². The Morgan fingerprint density at radius 2 is 1.88 bits per heavy atom. The number of aliphatic hydroxyl groups is 1. The lowest BCUT2D eigenvalue weighted by atomic mass is 10.0. The summed E-state index contributed by atoms with van der Waals surface area (Å²) in [4.78, 5) is 31.2. The number of hydrogen-bond acceptors (Lipinski definition) is 10. The van der Waals surface area contributed by atoms with Gasteiger partial charge in [-0.25, -0.2) is 14.4 Å². The fraction of sp³-hybridized carbons (Fsp3) is 0.467. The average Bonchev–Trinajstić information content (AvgIpc) is 2.99. The number of benzene rings is 2. The highest BCUT2D eigenvalue weighted by atomic mass is 19.1. The van der Waals surface area contributed by atoms with Gasteiger partial charge in [0.1, 0.15) is 24.8 Å². The molecule has 2 aromatic carbocycles. The standard InChI is InChI=1S/C30H36FN7O4/c1-20-14-21(2-7-26(20)42-27-8-9-38(15-25(27)31)28(40)16-39)29-32-19-33-30(35-29)34-22-3-5-23(6-4-22)36-10-12-37(13-11-36)24-17-41-18-24/h2-7,14,19,24-25,27,39H,8-13,15-18H2,1H3,(H,32,33,34,35)/t25-,27-/m0/s1. The Kier molecular flexibility index (Phi) is 8.45. The quantitative estimate of drug-likeness (QED) is 0.414. The predicted molar refractivity (Wildman–Crippen MR) is 156 cm³/mol. The molecule has 12 heteroatoms. The number of nitrogens with one attached hydrogen (secondary N) is 1. The summed E-state index contributed by atoms with van der Waals surface area (Å²) in [6.07, 6.45) is -0.175. The van der Waals surface area contributed by atoms with Gasteiger partial charge >= 0.3 is 0 Å². The molecule has 0 bridgehead atoms. The number of carbonyl (C=O) groups is 1. The van der Waals surface area contributed by atoms with E-state index < -0.39 is 24.8 Å². The molecule has 1 aromatic heterocycles. The number of amides is 1. The van der Waals surface area contributed by atoms with Gasteiger partial charge in [0, 0.05) is 56.1 Å². The molecule has 3 aliphatic rings. The summed E-state index contributed by atoms with van der Waals surface area (Å²) < 4.78 is 26.0. The molecule has 2 N–H and O–H groups in total. The summed E-state index contributed by atoms with van der Waals surface area (Å²) >= 11 is 0. The molecule has 0 aliphatic carbocycles. The normalized spacial score (nSPS) is 21.6. The van der Waals surface area contributed by atoms with E-state index in [0.717, 1.165) is 56.2 Å². The van der Waals surface area contributed by atoms with E-state index in [9.17, 15) is 9.18 Å². The molecule has 3 fully saturated rings. The second-order valence-electron chi connectivity index (χ2n) is 11.0. The average molecular weight is 578 g/mol. The molecule has 3 aliphatic heterocycles. The molecular formula is C30H36FN7O4. The van der Waals surface area contributed by atoms with Gasteiger partial charge in [0.25, 0.3) is 0 Å². The minimum Gasteiger partial charge on any atom is -0.487 e. The molecule has 1 amide bonds. The SMILES string of the molecule is Cc1cc(-c2ncnc(Nc3ccc(N4CCN(C5COC5)CC4)cc3)n2)ccc1O[C@H]1CCN(C(=O)CO)C[C@@H]1F. The number of aliphatic hydroxyl groups excluding tert-OH is 1. The Labute approximate surface area is 244 Å². The number of ether oxygens (including phenoxy) is 2. The molecule has 0 saturated carbocycles. The molecule has 6 rings (SSSR count). The van der Waals surface area contributed by atoms with Crippen LogP contribution in [-0.2, 0) is 9.53 Å². The monoisotopic (exact) mass is 577 g/mol. The minimum absolute atomic E-state index is 0.0852. The second-order valence-corrected chi connectivity index (χ2v) is 11.0. The second kappa shape index (κ2) is 12.6. The number of anilines is 3. The highest BCUT2D eigenvalue weighted by Crippen LogP contribution is 2.29. The summed E-state index contributed by atoms with van der Waals surface area (Å²) in [5, 5.41) is 12.3. The van der Waals surface area contributed by atoms with Gasteiger partial charge in [-0.3, -0.25) is 9.69 Å². The van der Waals surface area contributed by atoms with Crippen molar-refractivity contribution >= 4 is 23.2 Å². The largest absolute Gasteiger partial charge is 0.487 e. The summed E-state index contributed by atoms with van der Waals surface area (Å²) in [5.74, 6) is 1.04. The molecule has 0 spiro atoms. The van der Waals surface area contributed by atoms with Crippen molar-refractivity contribution in [1.29, 1.82) is 0 Å². The Balaban J connectivity index is 1.05. The van der Waals surface area contributed by atoms with E-state index in [0.29, 0.717) is 36.5 Å². The van der Waals surface area contributed by atoms with E-state index in [-0.39, 0.29) is 6.54 Å². The van der Waals surface area contributed by atoms with Gasteiger partial charge in [-0.15, -0.1) is 0 Å². The van der Waals surface area contributed by atoms with E-state index in [1.165, 1.54) is 16.9 Å². The van der Waals surface area contributed by atoms with Crippen molar-refractivity contribution in [3.63, 3.8) is 0 Å². The van der Waals surface area contributed by atoms with Gasteiger partial charge in [0.15, 0.2) is 12.0 Å². The zero-order chi connectivity index (χ0) is 29.1. The van der Waals surface area contributed by atoms with Crippen LogP contribution in [0.3, 0.4) is 0 Å². The summed E-state index contributed by atoms with van der Waals surface area (Å²) in [6, 6.07) is 14.4. The molecule has 0 radical (unpaired) electrons. The van der Waals surface area contributed by atoms with Crippen molar-refractivity contribution in [1.82, 2.24) is 24.8 Å². The first-order chi connectivity index (χ1) is 20.5. The number of rotatable bonds is 8. The highest BCUT2D eigenvalue weighted by Gasteiger charge is 2.33. The van der Waals surface area contributed by atoms with Crippen molar-refractivity contribution in [3.05, 3.63) is 54.4 Å². The van der Waals surface area contributed by atoms with Crippen LogP contribution in [0.25, 0.3) is 11.4 Å². The number of hydrogen-bond donors (Lipinski definition) is 2. The maximum Gasteiger partial charge on any atom is 0.248 e. The van der Waals surface area contributed by atoms with Gasteiger partial charge in [-0.2, -0.15) is 4.98 Å². The number of piperazine rings is 1. The molecule has 4 heterocycles. The van der Waals surface area contributed by atoms with E-state index in [1.54, 1.807) is 6.07 Å². The maximum absolute atomic E-state index is 14.7. The molecule has 2 atom stereocenters. The van der Waals surface area contributed by atoms with Crippen LogP contribution in [0.15, 0.2) is 48.8 Å². The Morgan fingerprint density at radius 3 is 2.55 bits per heavy atom. The van der Waals surface area contributed by atoms with Gasteiger partial charge < -0.3 is 29.7 Å². The van der Waals surface area contributed by atoms with Gasteiger partial charge in [-0.1, -0.05) is 0 Å². The molecular weight excluding hydrogens is 541 g/mol. The lowest BCUT2D eigenvalue weighted by molar-refractivity contribution is -0.138. The van der Waals surface area contributed by atoms with E-state index >= 15 is 0 Å². The van der Waals surface area contributed by atoms with Crippen LogP contribution in [-0.4, -0.2) is 113 Å². The molecule has 0 unspecified atom stereocenters. The number of piperidine rings is 1. The van der Waals surface area contributed by atoms with Crippen LogP contribution in [0.2, 0.25) is 0 Å². The van der Waals surface area contributed by atoms with Gasteiger partial charge in [0.05, 0.1) is 25.8 Å². The maximum atomic E-state index is 14.7. The number of aromatic nitrogens is 3. The zero-order valence-corrected chi connectivity index (χ0v) is 23.7. The fourth-order valence-electron chi connectivity index (χ4n) is 5.59. The fourth-order valence-corrected chi connectivity index (χ4v) is 5.59. The van der Waals surface area contributed by atoms with E-state index in [4.69, 9.17) is 14.6 Å². The van der Waals surface area contributed by atoms with Crippen LogP contribution < -0.4 is 15.0 Å². The lowest BCUT2D eigenvalue weighted by Crippen LogP contribution is -2.56. The number of halogens is 1. The predicted octanol–water partition coefficient (Wildman–Crippen LogP) is 2.42. The third kappa shape index (κ3) is 6.30. The van der Waals surface area contributed by atoms with Crippen LogP contribution in [0.4, 0.5) is 21.7 Å². The number of nitrogens with zero attached hydrogens (tertiary/aromatic N) is 6.